The number of imidazole rings is 1. The number of carbonyl (C=O) groups is 1. The zero-order valence-electron chi connectivity index (χ0n) is 23.0. The predicted molar refractivity (Wildman–Crippen MR) is 159 cm³/mol. The molecule has 4 aromatic rings. The van der Waals surface area contributed by atoms with E-state index in [1.165, 1.54) is 0 Å². The molecule has 40 heavy (non-hydrogen) atoms. The highest BCUT2D eigenvalue weighted by Gasteiger charge is 2.18. The minimum absolute atomic E-state index is 0.263. The minimum atomic E-state index is -3.70. The summed E-state index contributed by atoms with van der Waals surface area (Å²) in [6, 6.07) is 20.0. The highest BCUT2D eigenvalue weighted by atomic mass is 32.2. The van der Waals surface area contributed by atoms with Crippen LogP contribution in [0.2, 0.25) is 0 Å². The van der Waals surface area contributed by atoms with Crippen molar-refractivity contribution in [1.29, 1.82) is 0 Å². The minimum Gasteiger partial charge on any atom is -0.323 e. The molecule has 0 bridgehead atoms. The van der Waals surface area contributed by atoms with Crippen LogP contribution in [0, 0.1) is 0 Å². The van der Waals surface area contributed by atoms with Crippen LogP contribution in [0.4, 0.5) is 5.69 Å². The average molecular weight is 583 g/mol. The second-order valence-corrected chi connectivity index (χ2v) is 14.0. The summed E-state index contributed by atoms with van der Waals surface area (Å²) in [6.45, 7) is 5.91. The number of anilines is 1. The number of nitrogens with one attached hydrogen (secondary N) is 2. The average Bonchev–Trinajstić information content (AvgIpc) is 3.23. The van der Waals surface area contributed by atoms with Crippen LogP contribution in [0.5, 0.6) is 0 Å². The normalized spacial score (nSPS) is 12.1. The van der Waals surface area contributed by atoms with E-state index in [-0.39, 0.29) is 5.56 Å². The van der Waals surface area contributed by atoms with Crippen LogP contribution in [-0.4, -0.2) is 43.8 Å². The maximum atomic E-state index is 12.6. The Kier molecular flexibility index (Phi) is 8.65. The highest BCUT2D eigenvalue weighted by molar-refractivity contribution is 7.93. The number of amides is 1. The maximum absolute atomic E-state index is 12.6. The van der Waals surface area contributed by atoms with Crippen molar-refractivity contribution in [3.8, 4) is 11.1 Å². The van der Waals surface area contributed by atoms with Gasteiger partial charge in [-0.1, -0.05) is 55.8 Å². The molecular weight excluding hydrogens is 548 g/mol. The third kappa shape index (κ3) is 6.89. The Morgan fingerprint density at radius 2 is 1.68 bits per heavy atom. The fraction of sp³-hybridized carbons (Fsp3) is 0.310. The number of nitrogens with zero attached hydrogens (tertiary/aromatic N) is 2. The van der Waals surface area contributed by atoms with Gasteiger partial charge >= 0.3 is 0 Å². The Balaban J connectivity index is 1.67. The van der Waals surface area contributed by atoms with Crippen molar-refractivity contribution in [2.45, 2.75) is 51.8 Å². The first-order valence-electron chi connectivity index (χ1n) is 13.1. The van der Waals surface area contributed by atoms with E-state index < -0.39 is 31.2 Å². The van der Waals surface area contributed by atoms with E-state index in [0.29, 0.717) is 17.8 Å². The molecule has 11 heteroatoms. The first-order valence-corrected chi connectivity index (χ1v) is 16.5. The number of hydrogen-bond donors (Lipinski definition) is 2. The van der Waals surface area contributed by atoms with E-state index in [2.05, 4.69) is 16.2 Å². The van der Waals surface area contributed by atoms with Gasteiger partial charge in [-0.2, -0.15) is 0 Å². The predicted octanol–water partition coefficient (Wildman–Crippen LogP) is 4.93. The van der Waals surface area contributed by atoms with Gasteiger partial charge in [-0.3, -0.25) is 9.52 Å². The van der Waals surface area contributed by atoms with Crippen molar-refractivity contribution < 1.29 is 21.6 Å². The van der Waals surface area contributed by atoms with E-state index in [0.717, 1.165) is 53.5 Å². The molecule has 0 aliphatic rings. The van der Waals surface area contributed by atoms with Gasteiger partial charge in [0.05, 0.1) is 28.2 Å². The van der Waals surface area contributed by atoms with Gasteiger partial charge in [0.25, 0.3) is 5.91 Å². The zero-order valence-corrected chi connectivity index (χ0v) is 24.6. The standard InChI is InChI=1S/C29H34N4O5S2/c1-5-6-11-28-30-26-17-16-23(31-40(37,38)20(2)3)18-27(26)33(28)19-21-12-14-22(15-13-21)24-9-7-8-10-25(24)29(34)32-39(4,35)36/h7-10,12-18,20,31H,5-6,11,19H2,1-4H3,(H,32,34). The van der Waals surface area contributed by atoms with Crippen molar-refractivity contribution in [1.82, 2.24) is 14.3 Å². The van der Waals surface area contributed by atoms with E-state index >= 15 is 0 Å². The van der Waals surface area contributed by atoms with Crippen LogP contribution in [0.15, 0.2) is 66.7 Å². The quantitative estimate of drug-likeness (QED) is 0.258. The number of aryl methyl sites for hydroxylation is 1. The molecule has 0 spiro atoms. The molecule has 0 aliphatic carbocycles. The highest BCUT2D eigenvalue weighted by Crippen LogP contribution is 2.27. The van der Waals surface area contributed by atoms with Gasteiger partial charge < -0.3 is 4.57 Å². The Hall–Kier alpha value is -3.70. The summed E-state index contributed by atoms with van der Waals surface area (Å²) < 4.78 is 54.9. The number of rotatable bonds is 11. The van der Waals surface area contributed by atoms with Crippen molar-refractivity contribution >= 4 is 42.7 Å². The fourth-order valence-corrected chi connectivity index (χ4v) is 5.49. The summed E-state index contributed by atoms with van der Waals surface area (Å²) in [7, 11) is -7.19. The van der Waals surface area contributed by atoms with Crippen LogP contribution in [0.25, 0.3) is 22.2 Å². The van der Waals surface area contributed by atoms with E-state index in [4.69, 9.17) is 4.98 Å². The summed E-state index contributed by atoms with van der Waals surface area (Å²) in [5.41, 5.74) is 4.77. The number of hydrogen-bond acceptors (Lipinski definition) is 6. The largest absolute Gasteiger partial charge is 0.323 e. The topological polar surface area (TPSA) is 127 Å². The molecule has 0 saturated heterocycles. The third-order valence-electron chi connectivity index (χ3n) is 6.52. The van der Waals surface area contributed by atoms with E-state index in [1.807, 2.05) is 41.1 Å². The van der Waals surface area contributed by atoms with Crippen molar-refractivity contribution in [3.05, 3.63) is 83.7 Å². The lowest BCUT2D eigenvalue weighted by Crippen LogP contribution is -2.29. The molecule has 0 unspecified atom stereocenters. The number of fused-ring (bicyclic) bond motifs is 1. The van der Waals surface area contributed by atoms with Gasteiger partial charge in [-0.15, -0.1) is 0 Å². The molecule has 0 aliphatic heterocycles. The molecule has 212 valence electrons. The van der Waals surface area contributed by atoms with Gasteiger partial charge in [0.2, 0.25) is 20.0 Å². The molecule has 1 heterocycles. The number of sulfonamides is 2. The zero-order chi connectivity index (χ0) is 29.1. The van der Waals surface area contributed by atoms with Gasteiger partial charge in [-0.25, -0.2) is 26.5 Å². The number of benzene rings is 3. The van der Waals surface area contributed by atoms with E-state index in [1.54, 1.807) is 44.2 Å². The molecule has 0 radical (unpaired) electrons. The molecule has 3 aromatic carbocycles. The van der Waals surface area contributed by atoms with Gasteiger partial charge in [0, 0.05) is 18.5 Å². The third-order valence-corrected chi connectivity index (χ3v) is 8.83. The van der Waals surface area contributed by atoms with Crippen LogP contribution < -0.4 is 9.44 Å². The van der Waals surface area contributed by atoms with Gasteiger partial charge in [0.15, 0.2) is 0 Å². The molecular formula is C29H34N4O5S2. The number of unbranched alkanes of at least 4 members (excludes halogenated alkanes) is 1. The smallest absolute Gasteiger partial charge is 0.265 e. The Bertz CT molecular complexity index is 1740. The number of carbonyl (C=O) groups excluding carboxylic acids is 1. The Morgan fingerprint density at radius 1 is 0.975 bits per heavy atom. The Labute approximate surface area is 235 Å². The van der Waals surface area contributed by atoms with Crippen molar-refractivity contribution in [2.24, 2.45) is 0 Å². The van der Waals surface area contributed by atoms with Crippen LogP contribution in [-0.2, 0) is 33.0 Å². The van der Waals surface area contributed by atoms with Crippen molar-refractivity contribution in [2.75, 3.05) is 11.0 Å². The van der Waals surface area contributed by atoms with Crippen molar-refractivity contribution in [3.63, 3.8) is 0 Å². The SMILES string of the molecule is CCCCc1nc2ccc(NS(=O)(=O)C(C)C)cc2n1Cc1ccc(-c2ccccc2C(=O)NS(C)(=O)=O)cc1. The summed E-state index contributed by atoms with van der Waals surface area (Å²) in [6.07, 6.45) is 3.73. The molecule has 2 N–H and O–H groups in total. The molecule has 0 saturated carbocycles. The fourth-order valence-electron chi connectivity index (χ4n) is 4.35. The summed E-state index contributed by atoms with van der Waals surface area (Å²) >= 11 is 0. The molecule has 1 amide bonds. The molecule has 0 atom stereocenters. The summed E-state index contributed by atoms with van der Waals surface area (Å²) in [4.78, 5) is 17.4. The molecule has 9 nitrogen and oxygen atoms in total. The monoisotopic (exact) mass is 582 g/mol. The van der Waals surface area contributed by atoms with Crippen LogP contribution in [0.3, 0.4) is 0 Å². The van der Waals surface area contributed by atoms with Gasteiger partial charge in [-0.05, 0) is 61.2 Å². The van der Waals surface area contributed by atoms with Gasteiger partial charge in [0.1, 0.15) is 5.82 Å². The first kappa shape index (κ1) is 29.3. The lowest BCUT2D eigenvalue weighted by Gasteiger charge is -2.13. The molecule has 4 rings (SSSR count). The molecule has 1 aromatic heterocycles. The van der Waals surface area contributed by atoms with E-state index in [9.17, 15) is 21.6 Å². The summed E-state index contributed by atoms with van der Waals surface area (Å²) in [5.74, 6) is 0.240. The summed E-state index contributed by atoms with van der Waals surface area (Å²) in [5, 5.41) is -0.561. The number of aromatic nitrogens is 2. The Morgan fingerprint density at radius 3 is 2.33 bits per heavy atom. The second kappa shape index (κ2) is 11.8. The lowest BCUT2D eigenvalue weighted by atomic mass is 9.98. The first-order chi connectivity index (χ1) is 18.9. The second-order valence-electron chi connectivity index (χ2n) is 10.1. The van der Waals surface area contributed by atoms with Crippen LogP contribution >= 0.6 is 0 Å². The van der Waals surface area contributed by atoms with Crippen LogP contribution in [0.1, 0.15) is 55.4 Å². The molecule has 0 fully saturated rings. The lowest BCUT2D eigenvalue weighted by molar-refractivity contribution is 0.0982. The maximum Gasteiger partial charge on any atom is 0.265 e.